The Morgan fingerprint density at radius 3 is 2.26 bits per heavy atom. The number of nitrogens with two attached hydrogens (primary N) is 1. The predicted molar refractivity (Wildman–Crippen MR) is 140 cm³/mol. The summed E-state index contributed by atoms with van der Waals surface area (Å²) in [5, 5.41) is 14.7. The lowest BCUT2D eigenvalue weighted by atomic mass is 9.74. The van der Waals surface area contributed by atoms with Gasteiger partial charge in [-0.3, -0.25) is 9.59 Å². The average Bonchev–Trinajstić information content (AvgIpc) is 3.47. The maximum absolute atomic E-state index is 15.3. The number of aromatic nitrogens is 4. The molecule has 2 saturated carbocycles. The van der Waals surface area contributed by atoms with Crippen LogP contribution in [0.1, 0.15) is 81.1 Å². The molecule has 0 aromatic carbocycles. The summed E-state index contributed by atoms with van der Waals surface area (Å²) in [5.74, 6) is -10.5. The zero-order valence-electron chi connectivity index (χ0n) is 24.3. The first-order valence-electron chi connectivity index (χ1n) is 15.0. The van der Waals surface area contributed by atoms with Gasteiger partial charge in [-0.2, -0.15) is 18.3 Å². The molecule has 2 unspecified atom stereocenters. The lowest BCUT2D eigenvalue weighted by Gasteiger charge is -2.45. The monoisotopic (exact) mass is 668 g/mol. The second kappa shape index (κ2) is 11.0. The Hall–Kier alpha value is -3.15. The molecule has 10 nitrogen and oxygen atoms in total. The molecule has 18 heteroatoms. The molecule has 0 bridgehead atoms. The van der Waals surface area contributed by atoms with E-state index in [1.807, 2.05) is 0 Å². The Kier molecular flexibility index (Phi) is 7.80. The molecule has 2 saturated heterocycles. The predicted octanol–water partition coefficient (Wildman–Crippen LogP) is 4.02. The SMILES string of the molecule is NC(=O)C1(F)CC1[C@@H](c1cn2ncc([C@@H]3C[C@@](O)(C(F)(F)F)CCN3C(=O)[C@@H]3CCC(F)(F)CO3)nc2n1)C1CCC(F)(F)CC1. The van der Waals surface area contributed by atoms with E-state index in [9.17, 15) is 45.4 Å². The highest BCUT2D eigenvalue weighted by Crippen LogP contribution is 2.59. The summed E-state index contributed by atoms with van der Waals surface area (Å²) in [5.41, 5.74) is -0.299. The van der Waals surface area contributed by atoms with Gasteiger partial charge in [0.1, 0.15) is 12.7 Å². The van der Waals surface area contributed by atoms with Gasteiger partial charge in [0.2, 0.25) is 5.92 Å². The normalized spacial score (nSPS) is 33.9. The average molecular weight is 669 g/mol. The zero-order valence-corrected chi connectivity index (χ0v) is 24.3. The Labute approximate surface area is 256 Å². The molecule has 46 heavy (non-hydrogen) atoms. The van der Waals surface area contributed by atoms with Crippen molar-refractivity contribution in [1.82, 2.24) is 24.5 Å². The summed E-state index contributed by atoms with van der Waals surface area (Å²) in [6.45, 7) is -1.63. The number of carbonyl (C=O) groups is 2. The smallest absolute Gasteiger partial charge is 0.380 e. The van der Waals surface area contributed by atoms with Crippen molar-refractivity contribution >= 4 is 17.6 Å². The molecule has 6 rings (SSSR count). The van der Waals surface area contributed by atoms with Crippen LogP contribution in [0.5, 0.6) is 0 Å². The number of amides is 2. The van der Waals surface area contributed by atoms with Gasteiger partial charge >= 0.3 is 6.18 Å². The van der Waals surface area contributed by atoms with Crippen LogP contribution >= 0.6 is 0 Å². The minimum absolute atomic E-state index is 0.0212. The number of fused-ring (bicyclic) bond motifs is 1. The van der Waals surface area contributed by atoms with E-state index in [1.165, 1.54) is 6.20 Å². The van der Waals surface area contributed by atoms with Gasteiger partial charge in [0, 0.05) is 50.5 Å². The van der Waals surface area contributed by atoms with E-state index in [0.717, 1.165) is 15.6 Å². The quantitative estimate of drug-likeness (QED) is 0.444. The Morgan fingerprint density at radius 1 is 1.00 bits per heavy atom. The number of rotatable bonds is 6. The fourth-order valence-electron chi connectivity index (χ4n) is 7.16. The summed E-state index contributed by atoms with van der Waals surface area (Å²) in [6, 6.07) is -1.51. The van der Waals surface area contributed by atoms with Gasteiger partial charge in [0.05, 0.1) is 29.8 Å². The number of carbonyl (C=O) groups excluding carboxylic acids is 2. The van der Waals surface area contributed by atoms with Crippen molar-refractivity contribution in [3.63, 3.8) is 0 Å². The molecule has 2 amide bonds. The van der Waals surface area contributed by atoms with Crippen LogP contribution in [0.25, 0.3) is 5.78 Å². The van der Waals surface area contributed by atoms with Crippen LogP contribution in [0, 0.1) is 11.8 Å². The standard InChI is InChI=1S/C28H32F8N6O4/c29-25(30)4-1-14(2-5-25)20(15-9-27(15,33)22(37)44)17-12-42-23(40-17)39-16(11-38-42)18-10-24(45,28(34,35)36)7-8-41(18)21(43)19-3-6-26(31,32)13-46-19/h11-12,14-15,18-20,45H,1-10,13H2,(H2,37,44)/t15?,18-,19-,20-,24+,27?/m0/s1. The third-order valence-electron chi connectivity index (χ3n) is 10.0. The number of halogens is 8. The van der Waals surface area contributed by atoms with Gasteiger partial charge in [0.25, 0.3) is 23.5 Å². The van der Waals surface area contributed by atoms with E-state index in [1.54, 1.807) is 0 Å². The van der Waals surface area contributed by atoms with E-state index in [4.69, 9.17) is 10.5 Å². The first-order valence-corrected chi connectivity index (χ1v) is 15.0. The van der Waals surface area contributed by atoms with Gasteiger partial charge < -0.3 is 20.5 Å². The highest BCUT2D eigenvalue weighted by Gasteiger charge is 2.65. The van der Waals surface area contributed by atoms with Crippen molar-refractivity contribution in [1.29, 1.82) is 0 Å². The number of primary amides is 1. The highest BCUT2D eigenvalue weighted by atomic mass is 19.4. The molecule has 4 heterocycles. The molecule has 0 spiro atoms. The Bertz CT molecular complexity index is 1500. The molecular formula is C28H32F8N6O4. The van der Waals surface area contributed by atoms with Crippen LogP contribution in [0.2, 0.25) is 0 Å². The molecule has 3 N–H and O–H groups in total. The van der Waals surface area contributed by atoms with Crippen LogP contribution in [0.4, 0.5) is 35.1 Å². The number of aliphatic hydroxyl groups is 1. The molecular weight excluding hydrogens is 636 g/mol. The fraction of sp³-hybridized carbons (Fsp3) is 0.750. The molecule has 0 radical (unpaired) electrons. The van der Waals surface area contributed by atoms with Gasteiger partial charge in [-0.05, 0) is 31.6 Å². The van der Waals surface area contributed by atoms with E-state index in [-0.39, 0.29) is 42.8 Å². The molecule has 2 aromatic rings. The van der Waals surface area contributed by atoms with Crippen molar-refractivity contribution in [2.75, 3.05) is 13.2 Å². The van der Waals surface area contributed by atoms with Gasteiger partial charge in [-0.25, -0.2) is 36.4 Å². The highest BCUT2D eigenvalue weighted by molar-refractivity contribution is 5.87. The number of likely N-dealkylation sites (tertiary alicyclic amines) is 1. The number of alkyl halides is 8. The van der Waals surface area contributed by atoms with Gasteiger partial charge in [-0.15, -0.1) is 0 Å². The van der Waals surface area contributed by atoms with E-state index >= 15 is 4.39 Å². The minimum atomic E-state index is -5.07. The summed E-state index contributed by atoms with van der Waals surface area (Å²) in [6.07, 6.45) is -8.00. The van der Waals surface area contributed by atoms with Crippen molar-refractivity contribution in [3.05, 3.63) is 23.8 Å². The second-order valence-electron chi connectivity index (χ2n) is 13.1. The molecule has 254 valence electrons. The van der Waals surface area contributed by atoms with Crippen LogP contribution in [0.15, 0.2) is 12.4 Å². The zero-order chi connectivity index (χ0) is 33.4. The van der Waals surface area contributed by atoms with Crippen LogP contribution in [-0.2, 0) is 14.3 Å². The molecule has 2 aliphatic carbocycles. The fourth-order valence-corrected chi connectivity index (χ4v) is 7.16. The largest absolute Gasteiger partial charge is 0.417 e. The molecule has 2 aliphatic heterocycles. The summed E-state index contributed by atoms with van der Waals surface area (Å²) >= 11 is 0. The number of piperidine rings is 1. The summed E-state index contributed by atoms with van der Waals surface area (Å²) in [7, 11) is 0. The maximum Gasteiger partial charge on any atom is 0.417 e. The molecule has 6 atom stereocenters. The topological polar surface area (TPSA) is 136 Å². The number of imidazole rings is 1. The summed E-state index contributed by atoms with van der Waals surface area (Å²) < 4.78 is 118. The van der Waals surface area contributed by atoms with Crippen molar-refractivity contribution in [2.24, 2.45) is 17.6 Å². The van der Waals surface area contributed by atoms with E-state index in [0.29, 0.717) is 0 Å². The van der Waals surface area contributed by atoms with E-state index in [2.05, 4.69) is 15.1 Å². The van der Waals surface area contributed by atoms with Crippen molar-refractivity contribution in [3.8, 4) is 0 Å². The second-order valence-corrected chi connectivity index (χ2v) is 13.1. The third kappa shape index (κ3) is 5.90. The van der Waals surface area contributed by atoms with Crippen molar-refractivity contribution < 1.29 is 54.6 Å². The van der Waals surface area contributed by atoms with Crippen LogP contribution < -0.4 is 5.73 Å². The first kappa shape index (κ1) is 32.8. The molecule has 4 fully saturated rings. The Morgan fingerprint density at radius 2 is 1.67 bits per heavy atom. The number of hydrogen-bond acceptors (Lipinski definition) is 7. The van der Waals surface area contributed by atoms with Gasteiger partial charge in [0.15, 0.2) is 11.3 Å². The summed E-state index contributed by atoms with van der Waals surface area (Å²) in [4.78, 5) is 35.0. The number of ether oxygens (including phenoxy) is 1. The lowest BCUT2D eigenvalue weighted by molar-refractivity contribution is -0.278. The van der Waals surface area contributed by atoms with Crippen LogP contribution in [-0.4, -0.2) is 89.9 Å². The van der Waals surface area contributed by atoms with Gasteiger partial charge in [-0.1, -0.05) is 0 Å². The Balaban J connectivity index is 1.33. The number of hydrogen-bond donors (Lipinski definition) is 2. The lowest BCUT2D eigenvalue weighted by Crippen LogP contribution is -2.57. The maximum atomic E-state index is 15.3. The third-order valence-corrected chi connectivity index (χ3v) is 10.0. The number of nitrogens with zero attached hydrogens (tertiary/aromatic N) is 5. The molecule has 2 aromatic heterocycles. The van der Waals surface area contributed by atoms with E-state index < -0.39 is 116 Å². The first-order chi connectivity index (χ1) is 21.3. The molecule has 4 aliphatic rings. The van der Waals surface area contributed by atoms with Crippen LogP contribution in [0.3, 0.4) is 0 Å². The minimum Gasteiger partial charge on any atom is -0.380 e. The van der Waals surface area contributed by atoms with Crippen molar-refractivity contribution in [2.45, 2.75) is 105 Å².